The van der Waals surface area contributed by atoms with Gasteiger partial charge in [-0.3, -0.25) is 0 Å². The summed E-state index contributed by atoms with van der Waals surface area (Å²) in [7, 11) is 0. The van der Waals surface area contributed by atoms with E-state index < -0.39 is 129 Å². The Kier molecular flexibility index (Phi) is 15.2. The van der Waals surface area contributed by atoms with Crippen LogP contribution >= 0.6 is 0 Å². The van der Waals surface area contributed by atoms with Gasteiger partial charge in [0, 0.05) is 11.3 Å². The van der Waals surface area contributed by atoms with Gasteiger partial charge < -0.3 is 85.0 Å². The van der Waals surface area contributed by atoms with Crippen molar-refractivity contribution in [3.63, 3.8) is 0 Å². The molecule has 3 saturated carbocycles. The molecule has 3 heterocycles. The van der Waals surface area contributed by atoms with E-state index in [1.54, 1.807) is 13.8 Å². The van der Waals surface area contributed by atoms with Crippen molar-refractivity contribution in [1.82, 2.24) is 0 Å². The maximum Gasteiger partial charge on any atom is 0.187 e. The van der Waals surface area contributed by atoms with Crippen molar-refractivity contribution in [3.05, 3.63) is 11.6 Å². The first-order valence-electron chi connectivity index (χ1n) is 24.3. The minimum Gasteiger partial charge on any atom is -0.394 e. The molecule has 3 saturated heterocycles. The second kappa shape index (κ2) is 19.0. The van der Waals surface area contributed by atoms with Crippen LogP contribution in [0.3, 0.4) is 0 Å². The van der Waals surface area contributed by atoms with Gasteiger partial charge in [-0.15, -0.1) is 0 Å². The quantitative estimate of drug-likeness (QED) is 0.110. The van der Waals surface area contributed by atoms with Crippen LogP contribution in [0.5, 0.6) is 0 Å². The normalized spacial score (nSPS) is 51.0. The van der Waals surface area contributed by atoms with Crippen LogP contribution in [0.2, 0.25) is 0 Å². The topological polar surface area (TPSA) is 289 Å². The van der Waals surface area contributed by atoms with Crippen molar-refractivity contribution in [1.29, 1.82) is 0 Å². The molecule has 17 nitrogen and oxygen atoms in total. The average Bonchev–Trinajstić information content (AvgIpc) is 3.53. The molecule has 24 atom stereocenters. The van der Waals surface area contributed by atoms with Crippen LogP contribution < -0.4 is 0 Å². The molecule has 17 heteroatoms. The van der Waals surface area contributed by atoms with Gasteiger partial charge in [0.2, 0.25) is 0 Å². The van der Waals surface area contributed by atoms with Gasteiger partial charge >= 0.3 is 0 Å². The Morgan fingerprint density at radius 3 is 1.83 bits per heavy atom. The second-order valence-corrected chi connectivity index (χ2v) is 23.1. The largest absolute Gasteiger partial charge is 0.394 e. The number of hydrogen-bond donors (Lipinski definition) is 12. The molecule has 6 fully saturated rings. The first-order valence-corrected chi connectivity index (χ1v) is 24.3. The zero-order chi connectivity index (χ0) is 47.9. The van der Waals surface area contributed by atoms with Crippen LogP contribution in [0.1, 0.15) is 113 Å². The number of hydrogen-bond acceptors (Lipinski definition) is 17. The van der Waals surface area contributed by atoms with Crippen molar-refractivity contribution >= 4 is 0 Å². The van der Waals surface area contributed by atoms with E-state index in [2.05, 4.69) is 47.6 Å². The maximum atomic E-state index is 11.6. The van der Waals surface area contributed by atoms with Gasteiger partial charge in [0.25, 0.3) is 0 Å². The Bertz CT molecular complexity index is 1650. The van der Waals surface area contributed by atoms with Crippen molar-refractivity contribution in [3.8, 4) is 0 Å². The summed E-state index contributed by atoms with van der Waals surface area (Å²) in [5, 5.41) is 127. The van der Waals surface area contributed by atoms with Crippen LogP contribution in [0, 0.1) is 51.2 Å². The van der Waals surface area contributed by atoms with E-state index >= 15 is 0 Å². The SMILES string of the molecule is C[C@H](CC[C@H]([C@@H]1O[C@H](CO[C@@H]2O[C@H](CO)[C@@H](O)[C@H](O)[C@H]2O)[C@@H](O)[C@H](O)[C@H]1O)C(C)(C)O)[C@H]1CC[C@@]2(C)[C@@H]3CC=C4[C@@H](CC[C@H](O[C@@H]5O[C@H](CO)[C@@H](O)[C@H](O)[C@H]5O)C4(C)C)[C@]3(C)CC[C@]12C. The highest BCUT2D eigenvalue weighted by Crippen LogP contribution is 2.75. The lowest BCUT2D eigenvalue weighted by Gasteiger charge is -2.66. The van der Waals surface area contributed by atoms with Crippen LogP contribution in [0.4, 0.5) is 0 Å². The number of aliphatic hydroxyl groups is 12. The van der Waals surface area contributed by atoms with Crippen molar-refractivity contribution in [2.45, 2.75) is 217 Å². The summed E-state index contributed by atoms with van der Waals surface area (Å²) in [6.07, 6.45) is -11.3. The molecule has 0 aromatic heterocycles. The Hall–Kier alpha value is -0.940. The van der Waals surface area contributed by atoms with E-state index in [0.717, 1.165) is 44.9 Å². The van der Waals surface area contributed by atoms with Crippen LogP contribution in [-0.2, 0) is 23.7 Å². The van der Waals surface area contributed by atoms with Gasteiger partial charge in [0.05, 0.1) is 37.6 Å². The van der Waals surface area contributed by atoms with E-state index in [-0.39, 0.29) is 28.3 Å². The summed E-state index contributed by atoms with van der Waals surface area (Å²) < 4.78 is 29.6. The predicted molar refractivity (Wildman–Crippen MR) is 232 cm³/mol. The highest BCUT2D eigenvalue weighted by Gasteiger charge is 2.68. The summed E-state index contributed by atoms with van der Waals surface area (Å²) in [4.78, 5) is 0. The Labute approximate surface area is 383 Å². The molecule has 0 amide bonds. The number of fused-ring (bicyclic) bond motifs is 5. The molecular weight excluding hydrogens is 849 g/mol. The first kappa shape index (κ1) is 51.9. The van der Waals surface area contributed by atoms with E-state index in [0.29, 0.717) is 30.6 Å². The molecule has 12 N–H and O–H groups in total. The number of rotatable bonds is 13. The molecule has 7 aliphatic rings. The van der Waals surface area contributed by atoms with Crippen LogP contribution in [0.15, 0.2) is 11.6 Å². The summed E-state index contributed by atoms with van der Waals surface area (Å²) >= 11 is 0. The number of aliphatic hydroxyl groups excluding tert-OH is 11. The molecule has 4 aliphatic carbocycles. The predicted octanol–water partition coefficient (Wildman–Crippen LogP) is 0.247. The zero-order valence-electron chi connectivity index (χ0n) is 39.6. The summed E-state index contributed by atoms with van der Waals surface area (Å²) in [5.41, 5.74) is -0.299. The monoisotopic (exact) mass is 931 g/mol. The van der Waals surface area contributed by atoms with Gasteiger partial charge in [0.15, 0.2) is 12.6 Å². The lowest BCUT2D eigenvalue weighted by Crippen LogP contribution is -2.63. The van der Waals surface area contributed by atoms with Crippen molar-refractivity contribution in [2.24, 2.45) is 51.2 Å². The fraction of sp³-hybridized carbons (Fsp3) is 0.958. The molecule has 7 rings (SSSR count). The number of allylic oxidation sites excluding steroid dienone is 1. The summed E-state index contributed by atoms with van der Waals surface area (Å²) in [6.45, 7) is 15.8. The minimum absolute atomic E-state index is 0.0269. The molecule has 0 spiro atoms. The smallest absolute Gasteiger partial charge is 0.187 e. The lowest BCUT2D eigenvalue weighted by molar-refractivity contribution is -0.320. The lowest BCUT2D eigenvalue weighted by atomic mass is 9.39. The second-order valence-electron chi connectivity index (χ2n) is 23.1. The third-order valence-corrected chi connectivity index (χ3v) is 19.0. The first-order chi connectivity index (χ1) is 30.3. The van der Waals surface area contributed by atoms with E-state index in [1.807, 2.05) is 0 Å². The van der Waals surface area contributed by atoms with E-state index in [4.69, 9.17) is 23.7 Å². The van der Waals surface area contributed by atoms with Gasteiger partial charge in [-0.1, -0.05) is 53.2 Å². The fourth-order valence-electron chi connectivity index (χ4n) is 14.6. The molecular formula is C48H82O17. The maximum absolute atomic E-state index is 11.6. The fourth-order valence-corrected chi connectivity index (χ4v) is 14.6. The van der Waals surface area contributed by atoms with Gasteiger partial charge in [-0.2, -0.15) is 0 Å². The average molecular weight is 931 g/mol. The molecule has 0 radical (unpaired) electrons. The molecule has 65 heavy (non-hydrogen) atoms. The Balaban J connectivity index is 1.02. The molecule has 0 aromatic carbocycles. The third kappa shape index (κ3) is 8.84. The molecule has 0 bridgehead atoms. The molecule has 3 aliphatic heterocycles. The van der Waals surface area contributed by atoms with Crippen molar-refractivity contribution < 1.29 is 85.0 Å². The number of ether oxygens (including phenoxy) is 5. The third-order valence-electron chi connectivity index (χ3n) is 19.0. The van der Waals surface area contributed by atoms with Gasteiger partial charge in [-0.25, -0.2) is 0 Å². The highest BCUT2D eigenvalue weighted by atomic mass is 16.7. The van der Waals surface area contributed by atoms with Gasteiger partial charge in [0.1, 0.15) is 73.2 Å². The zero-order valence-corrected chi connectivity index (χ0v) is 39.6. The summed E-state index contributed by atoms with van der Waals surface area (Å²) in [6, 6.07) is 0. The van der Waals surface area contributed by atoms with Crippen LogP contribution in [0.25, 0.3) is 0 Å². The highest BCUT2D eigenvalue weighted by molar-refractivity contribution is 5.30. The minimum atomic E-state index is -1.68. The molecule has 0 aromatic rings. The van der Waals surface area contributed by atoms with E-state index in [1.165, 1.54) is 5.57 Å². The Morgan fingerprint density at radius 1 is 0.662 bits per heavy atom. The standard InChI is InChI=1S/C48H82O17/c1-22(9-10-26(45(4,5)60)41-38(57)35(54)34(53)29(62-41)21-61-42-39(58)36(55)32(51)27(19-49)63-42)23-15-16-48(8)30-13-11-24-25(46(30,6)17-18-47(23,48)7)12-14-31(44(24,2)3)65-43-40(59)37(56)33(52)28(20-50)64-43/h11,22-23,25-43,49-60H,9-10,12-21H2,1-8H3/t22-,23-,25-,26-,27-,28-,29-,30-,31+,32-,33-,34-,35+,36+,37+,38-,39-,40-,41+,42-,43+,46+,47-,48+/m1/s1. The van der Waals surface area contributed by atoms with Crippen molar-refractivity contribution in [2.75, 3.05) is 19.8 Å². The van der Waals surface area contributed by atoms with Crippen LogP contribution in [-0.4, -0.2) is 185 Å². The van der Waals surface area contributed by atoms with E-state index in [9.17, 15) is 61.3 Å². The molecule has 376 valence electrons. The molecule has 0 unspecified atom stereocenters. The summed E-state index contributed by atoms with van der Waals surface area (Å²) in [5.74, 6) is 0.716. The van der Waals surface area contributed by atoms with Gasteiger partial charge in [-0.05, 0) is 112 Å². The Morgan fingerprint density at radius 2 is 1.23 bits per heavy atom.